The van der Waals surface area contributed by atoms with Crippen molar-refractivity contribution in [3.8, 4) is 5.75 Å². The number of carbonyl (C=O) groups is 1. The Hall–Kier alpha value is -1.71. The van der Waals surface area contributed by atoms with E-state index in [1.54, 1.807) is 18.2 Å². The third-order valence-corrected chi connectivity index (χ3v) is 4.09. The van der Waals surface area contributed by atoms with Crippen molar-refractivity contribution in [2.24, 2.45) is 0 Å². The molecule has 0 aliphatic rings. The molecule has 1 amide bonds. The fraction of sp³-hybridized carbons (Fsp3) is 0.278. The molecule has 23 heavy (non-hydrogen) atoms. The molecule has 0 bridgehead atoms. The van der Waals surface area contributed by atoms with E-state index in [1.807, 2.05) is 24.3 Å². The Morgan fingerprint density at radius 1 is 1.09 bits per heavy atom. The summed E-state index contributed by atoms with van der Waals surface area (Å²) < 4.78 is 5.62. The number of aryl methyl sites for hydroxylation is 1. The number of ether oxygens (including phenoxy) is 1. The Morgan fingerprint density at radius 2 is 1.83 bits per heavy atom. The normalized spacial score (nSPS) is 10.4. The molecular weight excluding hydrogens is 333 g/mol. The number of benzene rings is 2. The van der Waals surface area contributed by atoms with E-state index in [1.165, 1.54) is 5.56 Å². The van der Waals surface area contributed by atoms with Crippen LogP contribution < -0.4 is 10.1 Å². The zero-order chi connectivity index (χ0) is 16.7. The summed E-state index contributed by atoms with van der Waals surface area (Å²) in [7, 11) is 0. The van der Waals surface area contributed by atoms with Crippen LogP contribution in [0.5, 0.6) is 5.75 Å². The summed E-state index contributed by atoms with van der Waals surface area (Å²) in [4.78, 5) is 11.9. The van der Waals surface area contributed by atoms with Gasteiger partial charge in [-0.05, 0) is 48.7 Å². The molecule has 0 aliphatic carbocycles. The highest BCUT2D eigenvalue weighted by Crippen LogP contribution is 2.25. The highest BCUT2D eigenvalue weighted by molar-refractivity contribution is 6.42. The van der Waals surface area contributed by atoms with Crippen molar-refractivity contribution in [1.29, 1.82) is 0 Å². The molecule has 2 aromatic rings. The third kappa shape index (κ3) is 5.77. The minimum atomic E-state index is -0.0756. The van der Waals surface area contributed by atoms with Gasteiger partial charge in [0.15, 0.2) is 0 Å². The standard InChI is InChI=1S/C18H19Cl2NO2/c1-2-13-5-8-15(9-6-13)23-11-3-4-18(22)21-14-7-10-16(19)17(20)12-14/h5-10,12H,2-4,11H2,1H3,(H,21,22). The first-order chi connectivity index (χ1) is 11.1. The van der Waals surface area contributed by atoms with Crippen LogP contribution >= 0.6 is 23.2 Å². The van der Waals surface area contributed by atoms with Crippen molar-refractivity contribution in [2.45, 2.75) is 26.2 Å². The van der Waals surface area contributed by atoms with Crippen LogP contribution in [0.1, 0.15) is 25.3 Å². The summed E-state index contributed by atoms with van der Waals surface area (Å²) in [5.41, 5.74) is 1.92. The van der Waals surface area contributed by atoms with E-state index >= 15 is 0 Å². The lowest BCUT2D eigenvalue weighted by atomic mass is 10.2. The summed E-state index contributed by atoms with van der Waals surface area (Å²) in [5, 5.41) is 3.67. The minimum Gasteiger partial charge on any atom is -0.494 e. The van der Waals surface area contributed by atoms with E-state index in [2.05, 4.69) is 12.2 Å². The Morgan fingerprint density at radius 3 is 2.48 bits per heavy atom. The molecule has 0 saturated carbocycles. The molecule has 2 aromatic carbocycles. The quantitative estimate of drug-likeness (QED) is 0.682. The monoisotopic (exact) mass is 351 g/mol. The average molecular weight is 352 g/mol. The van der Waals surface area contributed by atoms with Crippen LogP contribution in [0.3, 0.4) is 0 Å². The van der Waals surface area contributed by atoms with Gasteiger partial charge in [0.05, 0.1) is 16.7 Å². The summed E-state index contributed by atoms with van der Waals surface area (Å²) in [5.74, 6) is 0.750. The van der Waals surface area contributed by atoms with Crippen molar-refractivity contribution in [1.82, 2.24) is 0 Å². The maximum atomic E-state index is 11.9. The SMILES string of the molecule is CCc1ccc(OCCCC(=O)Nc2ccc(Cl)c(Cl)c2)cc1. The molecule has 2 rings (SSSR count). The minimum absolute atomic E-state index is 0.0756. The highest BCUT2D eigenvalue weighted by atomic mass is 35.5. The molecule has 3 nitrogen and oxygen atoms in total. The summed E-state index contributed by atoms with van der Waals surface area (Å²) in [6.45, 7) is 2.61. The van der Waals surface area contributed by atoms with Gasteiger partial charge >= 0.3 is 0 Å². The van der Waals surface area contributed by atoms with Crippen molar-refractivity contribution in [3.05, 3.63) is 58.1 Å². The first-order valence-corrected chi connectivity index (χ1v) is 8.30. The van der Waals surface area contributed by atoms with Crippen molar-refractivity contribution >= 4 is 34.8 Å². The molecule has 0 aliphatic heterocycles. The van der Waals surface area contributed by atoms with Gasteiger partial charge in [-0.1, -0.05) is 42.3 Å². The molecule has 0 aromatic heterocycles. The molecule has 0 atom stereocenters. The van der Waals surface area contributed by atoms with Crippen LogP contribution in [-0.2, 0) is 11.2 Å². The summed E-state index contributed by atoms with van der Waals surface area (Å²) >= 11 is 11.7. The average Bonchev–Trinajstić information content (AvgIpc) is 2.55. The number of anilines is 1. The van der Waals surface area contributed by atoms with E-state index in [-0.39, 0.29) is 5.91 Å². The second-order valence-corrected chi connectivity index (χ2v) is 5.94. The smallest absolute Gasteiger partial charge is 0.224 e. The van der Waals surface area contributed by atoms with Gasteiger partial charge in [-0.2, -0.15) is 0 Å². The number of amides is 1. The lowest BCUT2D eigenvalue weighted by Gasteiger charge is -2.08. The van der Waals surface area contributed by atoms with Crippen LogP contribution in [0.25, 0.3) is 0 Å². The van der Waals surface area contributed by atoms with Crippen LogP contribution in [0.2, 0.25) is 10.0 Å². The van der Waals surface area contributed by atoms with Crippen LogP contribution in [-0.4, -0.2) is 12.5 Å². The molecule has 5 heteroatoms. The Kier molecular flexibility index (Phi) is 6.75. The molecule has 0 fully saturated rings. The second-order valence-electron chi connectivity index (χ2n) is 5.13. The third-order valence-electron chi connectivity index (χ3n) is 3.35. The number of carbonyl (C=O) groups excluding carboxylic acids is 1. The fourth-order valence-electron chi connectivity index (χ4n) is 2.04. The molecule has 0 saturated heterocycles. The van der Waals surface area contributed by atoms with Crippen molar-refractivity contribution in [2.75, 3.05) is 11.9 Å². The molecule has 0 heterocycles. The lowest BCUT2D eigenvalue weighted by Crippen LogP contribution is -2.12. The fourth-order valence-corrected chi connectivity index (χ4v) is 2.34. The number of hydrogen-bond donors (Lipinski definition) is 1. The number of halogens is 2. The van der Waals surface area contributed by atoms with Gasteiger partial charge in [-0.25, -0.2) is 0 Å². The maximum Gasteiger partial charge on any atom is 0.224 e. The molecular formula is C18H19Cl2NO2. The first kappa shape index (κ1) is 17.6. The molecule has 122 valence electrons. The Labute approximate surface area is 146 Å². The predicted octanol–water partition coefficient (Wildman–Crippen LogP) is 5.35. The lowest BCUT2D eigenvalue weighted by molar-refractivity contribution is -0.116. The Balaban J connectivity index is 1.70. The molecule has 0 radical (unpaired) electrons. The van der Waals surface area contributed by atoms with E-state index in [4.69, 9.17) is 27.9 Å². The molecule has 0 unspecified atom stereocenters. The van der Waals surface area contributed by atoms with Gasteiger partial charge < -0.3 is 10.1 Å². The van der Waals surface area contributed by atoms with Crippen LogP contribution in [0.4, 0.5) is 5.69 Å². The van der Waals surface area contributed by atoms with Gasteiger partial charge in [-0.3, -0.25) is 4.79 Å². The van der Waals surface area contributed by atoms with Gasteiger partial charge in [0.25, 0.3) is 0 Å². The van der Waals surface area contributed by atoms with Gasteiger partial charge in [0, 0.05) is 12.1 Å². The summed E-state index contributed by atoms with van der Waals surface area (Å²) in [6.07, 6.45) is 2.03. The second kappa shape index (κ2) is 8.80. The van der Waals surface area contributed by atoms with Crippen molar-refractivity contribution in [3.63, 3.8) is 0 Å². The zero-order valence-electron chi connectivity index (χ0n) is 12.9. The van der Waals surface area contributed by atoms with Crippen LogP contribution in [0.15, 0.2) is 42.5 Å². The van der Waals surface area contributed by atoms with E-state index in [0.717, 1.165) is 12.2 Å². The summed E-state index contributed by atoms with van der Waals surface area (Å²) in [6, 6.07) is 13.0. The molecule has 1 N–H and O–H groups in total. The number of rotatable bonds is 7. The number of hydrogen-bond acceptors (Lipinski definition) is 2. The predicted molar refractivity (Wildman–Crippen MR) is 95.6 cm³/mol. The van der Waals surface area contributed by atoms with E-state index in [9.17, 15) is 4.79 Å². The maximum absolute atomic E-state index is 11.9. The van der Waals surface area contributed by atoms with Crippen molar-refractivity contribution < 1.29 is 9.53 Å². The topological polar surface area (TPSA) is 38.3 Å². The highest BCUT2D eigenvalue weighted by Gasteiger charge is 2.05. The Bertz CT molecular complexity index is 657. The molecule has 0 spiro atoms. The van der Waals surface area contributed by atoms with E-state index in [0.29, 0.717) is 35.2 Å². The number of nitrogens with one attached hydrogen (secondary N) is 1. The first-order valence-electron chi connectivity index (χ1n) is 7.55. The van der Waals surface area contributed by atoms with Gasteiger partial charge in [0.1, 0.15) is 5.75 Å². The van der Waals surface area contributed by atoms with Gasteiger partial charge in [0.2, 0.25) is 5.91 Å². The van der Waals surface area contributed by atoms with Gasteiger partial charge in [-0.15, -0.1) is 0 Å². The van der Waals surface area contributed by atoms with Crippen LogP contribution in [0, 0.1) is 0 Å². The zero-order valence-corrected chi connectivity index (χ0v) is 14.5. The van der Waals surface area contributed by atoms with E-state index < -0.39 is 0 Å². The largest absolute Gasteiger partial charge is 0.494 e.